The van der Waals surface area contributed by atoms with E-state index in [1.807, 2.05) is 6.07 Å². The minimum atomic E-state index is 0.480. The maximum absolute atomic E-state index is 5.60. The summed E-state index contributed by atoms with van der Waals surface area (Å²) < 4.78 is 6.52. The van der Waals surface area contributed by atoms with Crippen LogP contribution in [0.4, 0.5) is 0 Å². The molecular weight excluding hydrogens is 268 g/mol. The summed E-state index contributed by atoms with van der Waals surface area (Å²) >= 11 is 3.40. The van der Waals surface area contributed by atoms with Crippen LogP contribution in [0.2, 0.25) is 0 Å². The van der Waals surface area contributed by atoms with E-state index in [9.17, 15) is 0 Å². The number of nitrogens with zero attached hydrogens (tertiary/aromatic N) is 2. The molecule has 3 rings (SSSR count). The van der Waals surface area contributed by atoms with E-state index in [1.165, 1.54) is 12.0 Å². The molecule has 2 bridgehead atoms. The molecule has 2 aliphatic heterocycles. The van der Waals surface area contributed by atoms with E-state index >= 15 is 0 Å². The SMILES string of the molecule is Cc1nc(Br)ccc1CN1CC2CC1CO2. The first-order chi connectivity index (χ1) is 7.72. The monoisotopic (exact) mass is 282 g/mol. The Morgan fingerprint density at radius 1 is 1.56 bits per heavy atom. The molecule has 86 valence electrons. The Balaban J connectivity index is 1.74. The van der Waals surface area contributed by atoms with Crippen LogP contribution >= 0.6 is 15.9 Å². The highest BCUT2D eigenvalue weighted by atomic mass is 79.9. The summed E-state index contributed by atoms with van der Waals surface area (Å²) in [5.41, 5.74) is 2.45. The maximum Gasteiger partial charge on any atom is 0.106 e. The highest BCUT2D eigenvalue weighted by molar-refractivity contribution is 9.10. The molecule has 2 saturated heterocycles. The van der Waals surface area contributed by atoms with Gasteiger partial charge in [-0.05, 0) is 40.9 Å². The number of pyridine rings is 1. The van der Waals surface area contributed by atoms with Crippen molar-refractivity contribution in [1.29, 1.82) is 0 Å². The van der Waals surface area contributed by atoms with E-state index in [4.69, 9.17) is 4.74 Å². The van der Waals surface area contributed by atoms with Crippen LogP contribution in [-0.4, -0.2) is 35.2 Å². The molecule has 2 fully saturated rings. The topological polar surface area (TPSA) is 25.4 Å². The van der Waals surface area contributed by atoms with Crippen molar-refractivity contribution in [3.8, 4) is 0 Å². The molecule has 0 N–H and O–H groups in total. The molecule has 4 heteroatoms. The van der Waals surface area contributed by atoms with Gasteiger partial charge >= 0.3 is 0 Å². The predicted molar refractivity (Wildman–Crippen MR) is 65.2 cm³/mol. The number of hydrogen-bond donors (Lipinski definition) is 0. The fourth-order valence-electron chi connectivity index (χ4n) is 2.62. The lowest BCUT2D eigenvalue weighted by molar-refractivity contribution is 0.0272. The van der Waals surface area contributed by atoms with Crippen molar-refractivity contribution in [1.82, 2.24) is 9.88 Å². The largest absolute Gasteiger partial charge is 0.375 e. The first-order valence-electron chi connectivity index (χ1n) is 5.70. The zero-order valence-corrected chi connectivity index (χ0v) is 10.9. The van der Waals surface area contributed by atoms with Crippen LogP contribution < -0.4 is 0 Å². The molecule has 0 aliphatic carbocycles. The Bertz CT molecular complexity index is 410. The van der Waals surface area contributed by atoms with Gasteiger partial charge in [0.05, 0.1) is 12.7 Å². The molecule has 1 aromatic rings. The highest BCUT2D eigenvalue weighted by Gasteiger charge is 2.38. The fraction of sp³-hybridized carbons (Fsp3) is 0.583. The predicted octanol–water partition coefficient (Wildman–Crippen LogP) is 2.13. The summed E-state index contributed by atoms with van der Waals surface area (Å²) in [6.45, 7) is 5.08. The van der Waals surface area contributed by atoms with E-state index in [0.717, 1.165) is 30.0 Å². The van der Waals surface area contributed by atoms with Gasteiger partial charge in [0.2, 0.25) is 0 Å². The second-order valence-electron chi connectivity index (χ2n) is 4.65. The second-order valence-corrected chi connectivity index (χ2v) is 5.47. The summed E-state index contributed by atoms with van der Waals surface area (Å²) in [4.78, 5) is 6.96. The quantitative estimate of drug-likeness (QED) is 0.777. The zero-order valence-electron chi connectivity index (χ0n) is 9.32. The van der Waals surface area contributed by atoms with E-state index in [-0.39, 0.29) is 0 Å². The molecule has 0 radical (unpaired) electrons. The normalized spacial score (nSPS) is 28.9. The van der Waals surface area contributed by atoms with Crippen LogP contribution in [-0.2, 0) is 11.3 Å². The number of aryl methyl sites for hydroxylation is 1. The Morgan fingerprint density at radius 2 is 2.44 bits per heavy atom. The molecule has 3 heterocycles. The minimum absolute atomic E-state index is 0.480. The number of morpholine rings is 1. The van der Waals surface area contributed by atoms with Crippen molar-refractivity contribution >= 4 is 15.9 Å². The van der Waals surface area contributed by atoms with Gasteiger partial charge in [-0.2, -0.15) is 0 Å². The molecule has 2 atom stereocenters. The van der Waals surface area contributed by atoms with Crippen molar-refractivity contribution in [2.75, 3.05) is 13.2 Å². The first-order valence-corrected chi connectivity index (χ1v) is 6.49. The zero-order chi connectivity index (χ0) is 11.1. The number of aromatic nitrogens is 1. The standard InChI is InChI=1S/C12H15BrN2O/c1-8-9(2-3-12(13)14-8)5-15-6-11-4-10(15)7-16-11/h2-3,10-11H,4-7H2,1H3. The lowest BCUT2D eigenvalue weighted by Gasteiger charge is -2.27. The average molecular weight is 283 g/mol. The molecular formula is C12H15BrN2O. The highest BCUT2D eigenvalue weighted by Crippen LogP contribution is 2.29. The summed E-state index contributed by atoms with van der Waals surface area (Å²) in [6.07, 6.45) is 1.69. The maximum atomic E-state index is 5.60. The Morgan fingerprint density at radius 3 is 3.06 bits per heavy atom. The average Bonchev–Trinajstić information content (AvgIpc) is 2.84. The Labute approximate surface area is 104 Å². The molecule has 2 unspecified atom stereocenters. The van der Waals surface area contributed by atoms with Crippen molar-refractivity contribution in [2.45, 2.75) is 32.0 Å². The number of rotatable bonds is 2. The van der Waals surface area contributed by atoms with Crippen molar-refractivity contribution < 1.29 is 4.74 Å². The first kappa shape index (κ1) is 10.7. The van der Waals surface area contributed by atoms with Crippen molar-refractivity contribution in [2.24, 2.45) is 0 Å². The van der Waals surface area contributed by atoms with E-state index in [1.54, 1.807) is 0 Å². The molecule has 0 amide bonds. The summed E-state index contributed by atoms with van der Waals surface area (Å²) in [5.74, 6) is 0. The van der Waals surface area contributed by atoms with Gasteiger partial charge in [-0.3, -0.25) is 4.90 Å². The van der Waals surface area contributed by atoms with E-state index in [2.05, 4.69) is 38.8 Å². The second kappa shape index (κ2) is 4.09. The molecule has 0 aromatic carbocycles. The van der Waals surface area contributed by atoms with Gasteiger partial charge in [-0.25, -0.2) is 4.98 Å². The molecule has 3 nitrogen and oxygen atoms in total. The van der Waals surface area contributed by atoms with Gasteiger partial charge in [0.1, 0.15) is 4.60 Å². The van der Waals surface area contributed by atoms with Crippen molar-refractivity contribution in [3.63, 3.8) is 0 Å². The summed E-state index contributed by atoms with van der Waals surface area (Å²) in [5, 5.41) is 0. The third kappa shape index (κ3) is 1.90. The lowest BCUT2D eigenvalue weighted by Crippen LogP contribution is -2.36. The Hall–Kier alpha value is -0.450. The van der Waals surface area contributed by atoms with Crippen LogP contribution in [0, 0.1) is 6.92 Å². The number of ether oxygens (including phenoxy) is 1. The van der Waals surface area contributed by atoms with Crippen LogP contribution in [0.1, 0.15) is 17.7 Å². The van der Waals surface area contributed by atoms with Crippen LogP contribution in [0.15, 0.2) is 16.7 Å². The molecule has 1 aromatic heterocycles. The van der Waals surface area contributed by atoms with Gasteiger partial charge < -0.3 is 4.74 Å². The Kier molecular flexibility index (Phi) is 2.73. The fourth-order valence-corrected chi connectivity index (χ4v) is 3.02. The van der Waals surface area contributed by atoms with E-state index in [0.29, 0.717) is 12.1 Å². The van der Waals surface area contributed by atoms with Gasteiger partial charge in [0, 0.05) is 24.8 Å². The van der Waals surface area contributed by atoms with Crippen molar-refractivity contribution in [3.05, 3.63) is 28.0 Å². The van der Waals surface area contributed by atoms with Gasteiger partial charge in [-0.15, -0.1) is 0 Å². The molecule has 0 saturated carbocycles. The molecule has 16 heavy (non-hydrogen) atoms. The third-order valence-electron chi connectivity index (χ3n) is 3.55. The lowest BCUT2D eigenvalue weighted by atomic mass is 10.2. The minimum Gasteiger partial charge on any atom is -0.375 e. The van der Waals surface area contributed by atoms with Crippen LogP contribution in [0.25, 0.3) is 0 Å². The smallest absolute Gasteiger partial charge is 0.106 e. The number of likely N-dealkylation sites (tertiary alicyclic amines) is 1. The van der Waals surface area contributed by atoms with Crippen LogP contribution in [0.5, 0.6) is 0 Å². The molecule has 2 aliphatic rings. The van der Waals surface area contributed by atoms with Gasteiger partial charge in [0.25, 0.3) is 0 Å². The van der Waals surface area contributed by atoms with Gasteiger partial charge in [0.15, 0.2) is 0 Å². The number of hydrogen-bond acceptors (Lipinski definition) is 3. The number of halogens is 1. The summed E-state index contributed by atoms with van der Waals surface area (Å²) in [7, 11) is 0. The van der Waals surface area contributed by atoms with E-state index < -0.39 is 0 Å². The number of fused-ring (bicyclic) bond motifs is 2. The summed E-state index contributed by atoms with van der Waals surface area (Å²) in [6, 6.07) is 4.82. The molecule has 0 spiro atoms. The van der Waals surface area contributed by atoms with Crippen LogP contribution in [0.3, 0.4) is 0 Å². The third-order valence-corrected chi connectivity index (χ3v) is 3.99. The van der Waals surface area contributed by atoms with Gasteiger partial charge in [-0.1, -0.05) is 6.07 Å².